The van der Waals surface area contributed by atoms with Gasteiger partial charge in [0, 0.05) is 26.6 Å². The number of rotatable bonds is 3. The van der Waals surface area contributed by atoms with Crippen molar-refractivity contribution in [2.45, 2.75) is 83.5 Å². The van der Waals surface area contributed by atoms with Gasteiger partial charge in [0.25, 0.3) is 17.5 Å². The Balaban J connectivity index is 1.26. The van der Waals surface area contributed by atoms with Crippen LogP contribution in [0.4, 0.5) is 4.39 Å². The highest BCUT2D eigenvalue weighted by Gasteiger charge is 2.66. The molecule has 2 aromatic rings. The maximum Gasteiger partial charge on any atom is 0.270 e. The topological polar surface area (TPSA) is 67.2 Å². The van der Waals surface area contributed by atoms with E-state index >= 15 is 4.39 Å². The number of carbonyl (C=O) groups excluding carboxylic acids is 2. The number of halogens is 1. The maximum atomic E-state index is 16.7. The Bertz CT molecular complexity index is 1230. The third-order valence-corrected chi connectivity index (χ3v) is 11.0. The minimum Gasteiger partial charge on any atom is -0.346 e. The summed E-state index contributed by atoms with van der Waals surface area (Å²) in [5.74, 6) is 0.742. The van der Waals surface area contributed by atoms with Crippen LogP contribution >= 0.6 is 0 Å². The molecule has 1 N–H and O–H groups in total. The van der Waals surface area contributed by atoms with Gasteiger partial charge in [0.1, 0.15) is 5.82 Å². The molecule has 7 heteroatoms. The first-order chi connectivity index (χ1) is 17.1. The minimum absolute atomic E-state index is 0.00600. The molecule has 2 unspecified atom stereocenters. The Morgan fingerprint density at radius 1 is 1.11 bits per heavy atom. The van der Waals surface area contributed by atoms with Crippen LogP contribution < -0.4 is 5.32 Å². The van der Waals surface area contributed by atoms with Crippen molar-refractivity contribution in [3.05, 3.63) is 30.1 Å². The van der Waals surface area contributed by atoms with Gasteiger partial charge in [-0.2, -0.15) is 0 Å². The van der Waals surface area contributed by atoms with E-state index in [0.29, 0.717) is 29.0 Å². The third kappa shape index (κ3) is 3.23. The lowest BCUT2D eigenvalue weighted by molar-refractivity contribution is -0.185. The number of alkyl halides is 1. The van der Waals surface area contributed by atoms with E-state index in [1.54, 1.807) is 11.9 Å². The van der Waals surface area contributed by atoms with E-state index in [2.05, 4.69) is 24.1 Å². The second kappa shape index (κ2) is 8.03. The smallest absolute Gasteiger partial charge is 0.270 e. The van der Waals surface area contributed by atoms with Gasteiger partial charge < -0.3 is 14.8 Å². The number of piperidine rings is 1. The van der Waals surface area contributed by atoms with E-state index in [1.807, 2.05) is 35.9 Å². The van der Waals surface area contributed by atoms with Crippen molar-refractivity contribution >= 4 is 22.8 Å². The number of benzene rings is 1. The Hall–Kier alpha value is -2.44. The van der Waals surface area contributed by atoms with Crippen LogP contribution in [0.3, 0.4) is 0 Å². The number of aromatic nitrogens is 2. The zero-order valence-corrected chi connectivity index (χ0v) is 22.0. The van der Waals surface area contributed by atoms with Crippen LogP contribution in [0.2, 0.25) is 0 Å². The number of amides is 2. The van der Waals surface area contributed by atoms with Gasteiger partial charge in [-0.25, -0.2) is 9.37 Å². The Kier molecular flexibility index (Phi) is 5.34. The quantitative estimate of drug-likeness (QED) is 0.626. The minimum atomic E-state index is -2.55. The van der Waals surface area contributed by atoms with Gasteiger partial charge in [-0.15, -0.1) is 0 Å². The molecule has 4 aliphatic rings. The van der Waals surface area contributed by atoms with E-state index in [4.69, 9.17) is 0 Å². The number of nitrogens with zero attached hydrogens (tertiary/aromatic N) is 3. The first kappa shape index (κ1) is 23.9. The molecule has 1 aromatic carbocycles. The van der Waals surface area contributed by atoms with Crippen LogP contribution in [0.25, 0.3) is 11.0 Å². The Labute approximate surface area is 213 Å². The molecule has 3 aliphatic carbocycles. The summed E-state index contributed by atoms with van der Waals surface area (Å²) in [7, 11) is 3.59. The summed E-state index contributed by atoms with van der Waals surface area (Å²) in [6, 6.07) is 7.72. The average Bonchev–Trinajstić information content (AvgIpc) is 3.40. The number of para-hydroxylation sites is 2. The summed E-state index contributed by atoms with van der Waals surface area (Å²) in [6.45, 7) is 4.71. The van der Waals surface area contributed by atoms with E-state index in [-0.39, 0.29) is 19.0 Å². The van der Waals surface area contributed by atoms with Gasteiger partial charge >= 0.3 is 0 Å². The highest BCUT2D eigenvalue weighted by Crippen LogP contribution is 2.65. The number of nitrogens with one attached hydrogen (secondary N) is 1. The third-order valence-electron chi connectivity index (χ3n) is 11.0. The number of imidazole rings is 1. The molecule has 7 atom stereocenters. The van der Waals surface area contributed by atoms with Crippen molar-refractivity contribution in [2.24, 2.45) is 35.6 Å². The van der Waals surface area contributed by atoms with Crippen LogP contribution in [-0.2, 0) is 23.2 Å². The number of aryl methyl sites for hydroxylation is 1. The monoisotopic (exact) mass is 494 g/mol. The molecule has 0 spiro atoms. The molecule has 3 saturated carbocycles. The predicted octanol–water partition coefficient (Wildman–Crippen LogP) is 4.76. The summed E-state index contributed by atoms with van der Waals surface area (Å²) < 4.78 is 18.6. The van der Waals surface area contributed by atoms with Crippen LogP contribution in [-0.4, -0.2) is 45.0 Å². The lowest BCUT2D eigenvalue weighted by atomic mass is 9.46. The number of hydrogen-bond donors (Lipinski definition) is 1. The number of likely N-dealkylation sites (tertiary alicyclic amines) is 1. The Morgan fingerprint density at radius 2 is 1.89 bits per heavy atom. The van der Waals surface area contributed by atoms with E-state index in [9.17, 15) is 9.59 Å². The van der Waals surface area contributed by atoms with Gasteiger partial charge in [0.2, 0.25) is 0 Å². The van der Waals surface area contributed by atoms with Crippen molar-refractivity contribution < 1.29 is 14.0 Å². The lowest BCUT2D eigenvalue weighted by Crippen LogP contribution is -2.70. The second-order valence-electron chi connectivity index (χ2n) is 12.7. The summed E-state index contributed by atoms with van der Waals surface area (Å²) in [5.41, 5.74) is -0.767. The van der Waals surface area contributed by atoms with Gasteiger partial charge in [-0.1, -0.05) is 32.4 Å². The van der Waals surface area contributed by atoms with Crippen molar-refractivity contribution in [3.8, 4) is 0 Å². The van der Waals surface area contributed by atoms with Gasteiger partial charge in [0.05, 0.1) is 17.6 Å². The van der Waals surface area contributed by atoms with Crippen LogP contribution in [0.1, 0.15) is 71.0 Å². The fraction of sp³-hybridized carbons (Fsp3) is 0.690. The molecule has 194 valence electrons. The molecule has 0 radical (unpaired) electrons. The van der Waals surface area contributed by atoms with Crippen molar-refractivity contribution in [1.82, 2.24) is 19.8 Å². The molecule has 0 bridgehead atoms. The first-order valence-corrected chi connectivity index (χ1v) is 13.7. The summed E-state index contributed by atoms with van der Waals surface area (Å²) in [5, 5.41) is 2.74. The number of hydrogen-bond acceptors (Lipinski definition) is 3. The summed E-state index contributed by atoms with van der Waals surface area (Å²) in [4.78, 5) is 33.0. The maximum absolute atomic E-state index is 16.7. The lowest BCUT2D eigenvalue weighted by Gasteiger charge is -2.62. The largest absolute Gasteiger partial charge is 0.346 e. The van der Waals surface area contributed by atoms with E-state index in [1.165, 1.54) is 25.7 Å². The SMILES string of the molecule is CN1C(=O)C(F)(C(=O)NCc2nc3ccccc3n2C)C[C@@]2(C)C1CC[C@@H]1[C@H]2CC[C@]2(C)CCC[C@@H]12. The fourth-order valence-electron chi connectivity index (χ4n) is 9.17. The first-order valence-electron chi connectivity index (χ1n) is 13.7. The standard InChI is InChI=1S/C29H39FN4O2/c1-27-14-7-8-19(27)18-11-12-23-28(2,20(18)13-15-27)17-29(30,26(36)34(23)4)25(35)31-16-24-32-21-9-5-6-10-22(21)33(24)3/h5-6,9-10,18-20,23H,7-8,11-17H2,1-4H3,(H,31,35)/t18-,19-,20+,23?,27-,28+,29?/m0/s1. The molecule has 2 amide bonds. The molecule has 6 rings (SSSR count). The molecule has 4 fully saturated rings. The van der Waals surface area contributed by atoms with Crippen LogP contribution in [0, 0.1) is 28.6 Å². The molecular weight excluding hydrogens is 455 g/mol. The summed E-state index contributed by atoms with van der Waals surface area (Å²) >= 11 is 0. The zero-order chi connectivity index (χ0) is 25.5. The van der Waals surface area contributed by atoms with Crippen molar-refractivity contribution in [3.63, 3.8) is 0 Å². The van der Waals surface area contributed by atoms with Crippen LogP contribution in [0.15, 0.2) is 24.3 Å². The average molecular weight is 495 g/mol. The second-order valence-corrected chi connectivity index (χ2v) is 12.7. The number of fused-ring (bicyclic) bond motifs is 6. The summed E-state index contributed by atoms with van der Waals surface area (Å²) in [6.07, 6.45) is 8.11. The van der Waals surface area contributed by atoms with Gasteiger partial charge in [0.15, 0.2) is 0 Å². The molecule has 1 aliphatic heterocycles. The molecule has 1 saturated heterocycles. The molecule has 6 nitrogen and oxygen atoms in total. The predicted molar refractivity (Wildman–Crippen MR) is 137 cm³/mol. The zero-order valence-electron chi connectivity index (χ0n) is 22.0. The van der Waals surface area contributed by atoms with Crippen molar-refractivity contribution in [1.29, 1.82) is 0 Å². The van der Waals surface area contributed by atoms with E-state index < -0.39 is 22.9 Å². The molecule has 36 heavy (non-hydrogen) atoms. The van der Waals surface area contributed by atoms with Gasteiger partial charge in [-0.05, 0) is 79.2 Å². The Morgan fingerprint density at radius 3 is 2.67 bits per heavy atom. The highest BCUT2D eigenvalue weighted by atomic mass is 19.1. The molecular formula is C29H39FN4O2. The van der Waals surface area contributed by atoms with Crippen LogP contribution in [0.5, 0.6) is 0 Å². The van der Waals surface area contributed by atoms with Crippen molar-refractivity contribution in [2.75, 3.05) is 7.05 Å². The van der Waals surface area contributed by atoms with Gasteiger partial charge in [-0.3, -0.25) is 9.59 Å². The highest BCUT2D eigenvalue weighted by molar-refractivity contribution is 6.09. The number of carbonyl (C=O) groups is 2. The van der Waals surface area contributed by atoms with E-state index in [0.717, 1.165) is 30.3 Å². The normalized spacial score (nSPS) is 40.0. The molecule has 1 aromatic heterocycles. The fourth-order valence-corrected chi connectivity index (χ4v) is 9.17. The molecule has 2 heterocycles.